The van der Waals surface area contributed by atoms with E-state index >= 15 is 4.57 Å². The molecule has 1 unspecified atom stereocenters. The van der Waals surface area contributed by atoms with Gasteiger partial charge in [-0.3, -0.25) is 24.0 Å². The molecule has 0 bridgehead atoms. The zero-order valence-electron chi connectivity index (χ0n) is 29.0. The number of amides is 2. The standard InChI is InChI=1S/C40H41N4O8P/c41-38(45)37(22-28-23-42-36-17-9-8-12-30(28)36)52-53(49,51-24-26-18-20-29(21-19-26)44(47)48)39(27-10-2-1-3-11-27)43-40(46)50-25-35-33-15-6-4-13-31(33)32-14-5-7-16-34(32)35/h4-9,12-21,23,27,35,37,39,42H,1-3,10-11,22,24-25H2,(H2,41,45)(H,43,46)/t37-,39-,53?/m1/s1. The predicted molar refractivity (Wildman–Crippen MR) is 200 cm³/mol. The number of alkyl carbamates (subject to hydrolysis) is 1. The number of ether oxygens (including phenoxy) is 1. The van der Waals surface area contributed by atoms with Crippen LogP contribution in [0.4, 0.5) is 10.5 Å². The molecule has 1 aromatic heterocycles. The van der Waals surface area contributed by atoms with Crippen LogP contribution in [0.3, 0.4) is 0 Å². The topological polar surface area (TPSA) is 176 Å². The smallest absolute Gasteiger partial charge is 0.407 e. The van der Waals surface area contributed by atoms with Crippen molar-refractivity contribution in [2.75, 3.05) is 6.61 Å². The van der Waals surface area contributed by atoms with Crippen molar-refractivity contribution in [3.8, 4) is 11.1 Å². The number of fused-ring (bicyclic) bond motifs is 4. The summed E-state index contributed by atoms with van der Waals surface area (Å²) in [4.78, 5) is 40.7. The zero-order chi connectivity index (χ0) is 37.0. The fourth-order valence-electron chi connectivity index (χ4n) is 7.59. The Morgan fingerprint density at radius 3 is 2.21 bits per heavy atom. The van der Waals surface area contributed by atoms with Gasteiger partial charge in [0.15, 0.2) is 0 Å². The lowest BCUT2D eigenvalue weighted by atomic mass is 9.89. The number of rotatable bonds is 14. The molecule has 3 atom stereocenters. The largest absolute Gasteiger partial charge is 0.449 e. The number of non-ortho nitro benzene ring substituents is 1. The molecule has 4 aromatic carbocycles. The molecule has 1 saturated carbocycles. The van der Waals surface area contributed by atoms with Gasteiger partial charge >= 0.3 is 13.7 Å². The molecular weight excluding hydrogens is 695 g/mol. The summed E-state index contributed by atoms with van der Waals surface area (Å²) >= 11 is 0. The lowest BCUT2D eigenvalue weighted by Gasteiger charge is -2.36. The van der Waals surface area contributed by atoms with Crippen molar-refractivity contribution in [3.63, 3.8) is 0 Å². The fourth-order valence-corrected chi connectivity index (χ4v) is 9.88. The molecule has 0 saturated heterocycles. The third kappa shape index (κ3) is 7.90. The summed E-state index contributed by atoms with van der Waals surface area (Å²) in [6.45, 7) is -0.236. The Kier molecular flexibility index (Phi) is 10.7. The number of nitrogens with two attached hydrogens (primary N) is 1. The average molecular weight is 737 g/mol. The monoisotopic (exact) mass is 736 g/mol. The van der Waals surface area contributed by atoms with Gasteiger partial charge in [0.1, 0.15) is 18.5 Å². The van der Waals surface area contributed by atoms with Gasteiger partial charge in [-0.2, -0.15) is 0 Å². The molecule has 4 N–H and O–H groups in total. The lowest BCUT2D eigenvalue weighted by Crippen LogP contribution is -2.44. The fraction of sp³-hybridized carbons (Fsp3) is 0.300. The number of nitro groups is 1. The van der Waals surface area contributed by atoms with E-state index in [1.54, 1.807) is 6.20 Å². The third-order valence-corrected chi connectivity index (χ3v) is 12.5. The molecule has 2 amide bonds. The lowest BCUT2D eigenvalue weighted by molar-refractivity contribution is -0.384. The van der Waals surface area contributed by atoms with E-state index in [1.807, 2.05) is 60.7 Å². The number of carbonyl (C=O) groups is 2. The van der Waals surface area contributed by atoms with E-state index in [0.29, 0.717) is 18.4 Å². The molecule has 2 aliphatic rings. The van der Waals surface area contributed by atoms with E-state index in [1.165, 1.54) is 24.3 Å². The summed E-state index contributed by atoms with van der Waals surface area (Å²) in [5.41, 5.74) is 12.1. The van der Waals surface area contributed by atoms with Crippen molar-refractivity contribution in [2.45, 2.75) is 62.9 Å². The zero-order valence-corrected chi connectivity index (χ0v) is 29.9. The van der Waals surface area contributed by atoms with Crippen LogP contribution >= 0.6 is 7.60 Å². The van der Waals surface area contributed by atoms with Crippen LogP contribution in [0, 0.1) is 16.0 Å². The van der Waals surface area contributed by atoms with Crippen molar-refractivity contribution in [2.24, 2.45) is 11.7 Å². The minimum Gasteiger partial charge on any atom is -0.449 e. The molecule has 0 radical (unpaired) electrons. The summed E-state index contributed by atoms with van der Waals surface area (Å²) < 4.78 is 33.7. The Labute approximate surface area is 306 Å². The second-order valence-corrected chi connectivity index (χ2v) is 15.7. The first-order chi connectivity index (χ1) is 25.7. The number of nitrogens with one attached hydrogen (secondary N) is 2. The Balaban J connectivity index is 1.17. The van der Waals surface area contributed by atoms with E-state index in [9.17, 15) is 19.7 Å². The number of hydrogen-bond acceptors (Lipinski definition) is 8. The molecule has 5 aromatic rings. The first-order valence-electron chi connectivity index (χ1n) is 17.8. The van der Waals surface area contributed by atoms with Gasteiger partial charge in [-0.05, 0) is 70.3 Å². The van der Waals surface area contributed by atoms with Crippen LogP contribution in [-0.2, 0) is 36.2 Å². The molecule has 7 rings (SSSR count). The number of hydrogen-bond donors (Lipinski definition) is 3. The van der Waals surface area contributed by atoms with E-state index in [4.69, 9.17) is 19.5 Å². The Hall–Kier alpha value is -5.29. The normalized spacial score (nSPS) is 16.6. The SMILES string of the molecule is NC(=O)[C@@H](Cc1c[nH]c2ccccc12)OP(=O)(OCc1ccc([N+](=O)[O-])cc1)[C@@H](NC(=O)OCC1c2ccccc2-c2ccccc21)C1CCCCC1. The Morgan fingerprint density at radius 2 is 1.55 bits per heavy atom. The summed E-state index contributed by atoms with van der Waals surface area (Å²) in [5.74, 6) is -2.55. The second-order valence-electron chi connectivity index (χ2n) is 13.6. The molecule has 1 fully saturated rings. The molecule has 13 heteroatoms. The maximum absolute atomic E-state index is 15.4. The Bertz CT molecular complexity index is 2120. The number of benzene rings is 4. The van der Waals surface area contributed by atoms with Crippen molar-refractivity contribution in [3.05, 3.63) is 136 Å². The quantitative estimate of drug-likeness (QED) is 0.0579. The van der Waals surface area contributed by atoms with Crippen LogP contribution in [0.2, 0.25) is 0 Å². The summed E-state index contributed by atoms with van der Waals surface area (Å²) in [5, 5.41) is 15.0. The molecule has 274 valence electrons. The van der Waals surface area contributed by atoms with Crippen molar-refractivity contribution in [1.82, 2.24) is 10.3 Å². The van der Waals surface area contributed by atoms with Crippen LogP contribution < -0.4 is 11.1 Å². The van der Waals surface area contributed by atoms with Gasteiger partial charge in [0.05, 0.1) is 11.5 Å². The molecular formula is C40H41N4O8P. The highest BCUT2D eigenvalue weighted by atomic mass is 31.2. The number of nitro benzene ring substituents is 1. The number of aromatic nitrogens is 1. The van der Waals surface area contributed by atoms with Crippen molar-refractivity contribution >= 4 is 36.2 Å². The maximum atomic E-state index is 15.4. The first-order valence-corrected chi connectivity index (χ1v) is 19.4. The average Bonchev–Trinajstić information content (AvgIpc) is 3.74. The van der Waals surface area contributed by atoms with E-state index in [2.05, 4.69) is 22.4 Å². The number of carbonyl (C=O) groups excluding carboxylic acids is 2. The first kappa shape index (κ1) is 36.1. The second kappa shape index (κ2) is 15.8. The maximum Gasteiger partial charge on any atom is 0.407 e. The number of primary amides is 1. The molecule has 12 nitrogen and oxygen atoms in total. The highest BCUT2D eigenvalue weighted by molar-refractivity contribution is 7.54. The number of nitrogens with zero attached hydrogens (tertiary/aromatic N) is 1. The van der Waals surface area contributed by atoms with Gasteiger partial charge in [0, 0.05) is 41.6 Å². The van der Waals surface area contributed by atoms with Crippen LogP contribution in [0.1, 0.15) is 60.3 Å². The Morgan fingerprint density at radius 1 is 0.906 bits per heavy atom. The molecule has 2 aliphatic carbocycles. The van der Waals surface area contributed by atoms with Crippen LogP contribution in [0.25, 0.3) is 22.0 Å². The number of aromatic amines is 1. The van der Waals surface area contributed by atoms with Crippen LogP contribution in [0.5, 0.6) is 0 Å². The number of para-hydroxylation sites is 1. The van der Waals surface area contributed by atoms with Crippen molar-refractivity contribution in [1.29, 1.82) is 0 Å². The third-order valence-electron chi connectivity index (χ3n) is 10.3. The summed E-state index contributed by atoms with van der Waals surface area (Å²) in [6, 6.07) is 29.2. The van der Waals surface area contributed by atoms with Gasteiger partial charge in [0.25, 0.3) is 5.69 Å². The highest BCUT2D eigenvalue weighted by Crippen LogP contribution is 2.58. The predicted octanol–water partition coefficient (Wildman–Crippen LogP) is 8.34. The van der Waals surface area contributed by atoms with Gasteiger partial charge in [-0.1, -0.05) is 86.0 Å². The number of H-pyrrole nitrogens is 1. The minimum atomic E-state index is -4.45. The highest BCUT2D eigenvalue weighted by Gasteiger charge is 2.46. The molecule has 0 aliphatic heterocycles. The van der Waals surface area contributed by atoms with Gasteiger partial charge in [-0.15, -0.1) is 0 Å². The van der Waals surface area contributed by atoms with Gasteiger partial charge < -0.3 is 25.3 Å². The van der Waals surface area contributed by atoms with E-state index in [0.717, 1.165) is 58.0 Å². The minimum absolute atomic E-state index is 0.00738. The summed E-state index contributed by atoms with van der Waals surface area (Å²) in [7, 11) is -4.45. The molecule has 0 spiro atoms. The van der Waals surface area contributed by atoms with Crippen LogP contribution in [-0.4, -0.2) is 40.4 Å². The molecule has 53 heavy (non-hydrogen) atoms. The molecule has 1 heterocycles. The van der Waals surface area contributed by atoms with E-state index in [-0.39, 0.29) is 37.2 Å². The van der Waals surface area contributed by atoms with Crippen LogP contribution in [0.15, 0.2) is 103 Å². The van der Waals surface area contributed by atoms with Crippen molar-refractivity contribution < 1.29 is 32.9 Å². The van der Waals surface area contributed by atoms with Gasteiger partial charge in [-0.25, -0.2) is 4.79 Å². The van der Waals surface area contributed by atoms with E-state index < -0.39 is 36.4 Å². The van der Waals surface area contributed by atoms with Gasteiger partial charge in [0.2, 0.25) is 5.91 Å². The summed E-state index contributed by atoms with van der Waals surface area (Å²) in [6.07, 6.45) is 3.48.